The van der Waals surface area contributed by atoms with Crippen LogP contribution in [-0.2, 0) is 9.53 Å². The molecule has 5 rings (SSSR count). The van der Waals surface area contributed by atoms with Crippen molar-refractivity contribution in [2.24, 2.45) is 56.2 Å². The number of fused-ring (bicyclic) bond motifs is 7. The molecule has 1 N–H and O–H groups in total. The number of carbonyl (C=O) groups is 1. The third kappa shape index (κ3) is 10.4. The molecule has 0 bridgehead atoms. The van der Waals surface area contributed by atoms with Gasteiger partial charge in [-0.15, -0.1) is 0 Å². The number of likely N-dealkylation sites (N-methyl/N-ethyl adjacent to an activating group) is 1. The maximum absolute atomic E-state index is 14.2. The lowest BCUT2D eigenvalue weighted by Gasteiger charge is -2.74. The third-order valence-corrected chi connectivity index (χ3v) is 19.7. The molecule has 5 saturated carbocycles. The maximum Gasteiger partial charge on any atom is 0.362 e. The van der Waals surface area contributed by atoms with Gasteiger partial charge in [0.2, 0.25) is 0 Å². The van der Waals surface area contributed by atoms with Crippen LogP contribution in [0.25, 0.3) is 0 Å². The van der Waals surface area contributed by atoms with Gasteiger partial charge < -0.3 is 26.7 Å². The molecule has 4 nitrogen and oxygen atoms in total. The predicted octanol–water partition coefficient (Wildman–Crippen LogP) is 11.5. The van der Waals surface area contributed by atoms with E-state index in [9.17, 15) is 9.90 Å². The van der Waals surface area contributed by atoms with Crippen molar-refractivity contribution in [2.45, 2.75) is 248 Å². The number of aliphatic hydroxyl groups is 1. The fourth-order valence-corrected chi connectivity index (χ4v) is 15.6. The van der Waals surface area contributed by atoms with Crippen LogP contribution < -0.4 is 12.4 Å². The molecule has 5 fully saturated rings. The molecule has 0 saturated heterocycles. The van der Waals surface area contributed by atoms with Gasteiger partial charge in [0.15, 0.2) is 6.54 Å². The second-order valence-electron chi connectivity index (χ2n) is 24.3. The highest BCUT2D eigenvalue weighted by atomic mass is 35.5. The van der Waals surface area contributed by atoms with Crippen LogP contribution in [-0.4, -0.2) is 54.4 Å². The molecule has 0 aromatic carbocycles. The largest absolute Gasteiger partial charge is 1.00 e. The molecule has 0 aromatic rings. The second-order valence-corrected chi connectivity index (χ2v) is 24.3. The number of hydrogen-bond acceptors (Lipinski definition) is 3. The summed E-state index contributed by atoms with van der Waals surface area (Å²) in [7, 11) is 2.37. The highest BCUT2D eigenvalue weighted by Gasteiger charge is 2.71. The van der Waals surface area contributed by atoms with E-state index < -0.39 is 0 Å². The van der Waals surface area contributed by atoms with Gasteiger partial charge in [-0.05, 0) is 141 Å². The van der Waals surface area contributed by atoms with Crippen LogP contribution in [0.2, 0.25) is 0 Å². The van der Waals surface area contributed by atoms with Crippen molar-refractivity contribution in [3.63, 3.8) is 0 Å². The molecule has 0 amide bonds. The van der Waals surface area contributed by atoms with E-state index in [1.165, 1.54) is 154 Å². The lowest BCUT2D eigenvalue weighted by molar-refractivity contribution is -0.903. The van der Waals surface area contributed by atoms with Gasteiger partial charge in [0.1, 0.15) is 6.10 Å². The van der Waals surface area contributed by atoms with Crippen molar-refractivity contribution in [1.29, 1.82) is 0 Å². The van der Waals surface area contributed by atoms with E-state index in [1.807, 2.05) is 0 Å². The molecule has 10 atom stereocenters. The van der Waals surface area contributed by atoms with Crippen LogP contribution in [0, 0.1) is 56.2 Å². The number of unbranched alkanes of at least 4 members (excludes halogenated alkanes) is 14. The zero-order valence-electron chi connectivity index (χ0n) is 40.6. The fraction of sp³-hybridized carbons (Fsp3) is 0.981. The van der Waals surface area contributed by atoms with Crippen molar-refractivity contribution < 1.29 is 31.5 Å². The summed E-state index contributed by atoms with van der Waals surface area (Å²) in [6.07, 6.45) is 33.5. The Morgan fingerprint density at radius 2 is 1.12 bits per heavy atom. The first-order chi connectivity index (χ1) is 26.8. The van der Waals surface area contributed by atoms with E-state index in [1.54, 1.807) is 0 Å². The van der Waals surface area contributed by atoms with Crippen molar-refractivity contribution in [2.75, 3.05) is 26.7 Å². The van der Waals surface area contributed by atoms with Crippen LogP contribution in [0.1, 0.15) is 236 Å². The van der Waals surface area contributed by atoms with Crippen molar-refractivity contribution in [3.05, 3.63) is 0 Å². The van der Waals surface area contributed by atoms with Gasteiger partial charge >= 0.3 is 5.97 Å². The summed E-state index contributed by atoms with van der Waals surface area (Å²) in [5, 5.41) is 12.1. The Morgan fingerprint density at radius 1 is 0.603 bits per heavy atom. The van der Waals surface area contributed by atoms with Crippen molar-refractivity contribution in [1.82, 2.24) is 0 Å². The average Bonchev–Trinajstić information content (AvgIpc) is 3.14. The highest BCUT2D eigenvalue weighted by molar-refractivity contribution is 5.71. The van der Waals surface area contributed by atoms with Gasteiger partial charge in [-0.3, -0.25) is 0 Å². The Bertz CT molecular complexity index is 1260. The van der Waals surface area contributed by atoms with E-state index in [0.717, 1.165) is 30.4 Å². The Labute approximate surface area is 367 Å². The Morgan fingerprint density at radius 3 is 1.67 bits per heavy atom. The third-order valence-electron chi connectivity index (χ3n) is 19.7. The summed E-state index contributed by atoms with van der Waals surface area (Å²) in [5.74, 6) is 2.36. The van der Waals surface area contributed by atoms with E-state index in [0.29, 0.717) is 30.2 Å². The number of halogens is 1. The van der Waals surface area contributed by atoms with Gasteiger partial charge in [0.05, 0.1) is 26.2 Å². The van der Waals surface area contributed by atoms with E-state index >= 15 is 0 Å². The molecule has 5 aliphatic rings. The molecule has 0 aromatic heterocycles. The standard InChI is InChI=1S/C53H98NO3.ClH/c1-12-14-16-18-20-22-24-26-38-54(11,39-27-25-23-21-19-17-15-13-2)40-45(55)57-44-31-32-51(8)42(49(44,5)6)30-33-53(10)43(51)29-28-41-46-47(56)48(3,4)34-35-50(46,7)36-37-52(41,53)9;/h41-44,46-47,56H,12-40H2,1-11H3;1H/q+1;/p-1/t41-,42?,43?,44+,46?,47-,50-,51+,52-,53-;/m1./s1. The number of rotatable bonds is 21. The number of esters is 1. The average molecular weight is 833 g/mol. The van der Waals surface area contributed by atoms with Gasteiger partial charge in [-0.1, -0.05) is 146 Å². The quantitative estimate of drug-likeness (QED) is 0.0712. The van der Waals surface area contributed by atoms with E-state index in [-0.39, 0.29) is 63.1 Å². The van der Waals surface area contributed by atoms with Gasteiger partial charge in [-0.2, -0.15) is 0 Å². The molecule has 0 spiro atoms. The summed E-state index contributed by atoms with van der Waals surface area (Å²) in [5.41, 5.74) is 1.08. The van der Waals surface area contributed by atoms with Crippen molar-refractivity contribution in [3.8, 4) is 0 Å². The molecule has 58 heavy (non-hydrogen) atoms. The number of carbonyl (C=O) groups excluding carboxylic acids is 1. The lowest BCUT2D eigenvalue weighted by atomic mass is 9.31. The summed E-state index contributed by atoms with van der Waals surface area (Å²) >= 11 is 0. The number of ether oxygens (including phenoxy) is 1. The SMILES string of the molecule is CCCCCCCCCC[N+](C)(CCCCCCCCCC)CC(=O)O[C@H]1CC[C@@]2(C)C(CC[C@]3(C)C2CC[C@@H]2C4[C@@H](O)C(C)(C)CC[C@]4(C)CC[C@]23C)C1(C)C.[Cl-]. The first-order valence-corrected chi connectivity index (χ1v) is 25.5. The van der Waals surface area contributed by atoms with Gasteiger partial charge in [0, 0.05) is 5.41 Å². The highest BCUT2D eigenvalue weighted by Crippen LogP contribution is 2.77. The van der Waals surface area contributed by atoms with Crippen LogP contribution in [0.15, 0.2) is 0 Å². The molecule has 340 valence electrons. The second kappa shape index (κ2) is 20.5. The molecule has 0 aliphatic heterocycles. The monoisotopic (exact) mass is 832 g/mol. The molecule has 5 aliphatic carbocycles. The van der Waals surface area contributed by atoms with E-state index in [2.05, 4.69) is 76.3 Å². The maximum atomic E-state index is 14.2. The van der Waals surface area contributed by atoms with Gasteiger partial charge in [-0.25, -0.2) is 4.79 Å². The number of hydrogen-bond donors (Lipinski definition) is 1. The predicted molar refractivity (Wildman–Crippen MR) is 242 cm³/mol. The summed E-state index contributed by atoms with van der Waals surface area (Å²) in [6.45, 7) is 27.6. The smallest absolute Gasteiger partial charge is 0.362 e. The summed E-state index contributed by atoms with van der Waals surface area (Å²) in [4.78, 5) is 14.2. The minimum Gasteiger partial charge on any atom is -1.00 e. The lowest BCUT2D eigenvalue weighted by Crippen LogP contribution is -3.00. The summed E-state index contributed by atoms with van der Waals surface area (Å²) < 4.78 is 7.60. The van der Waals surface area contributed by atoms with Crippen molar-refractivity contribution >= 4 is 5.97 Å². The van der Waals surface area contributed by atoms with Crippen LogP contribution in [0.4, 0.5) is 0 Å². The zero-order chi connectivity index (χ0) is 41.8. The Balaban J connectivity index is 0.00000744. The fourth-order valence-electron chi connectivity index (χ4n) is 15.6. The minimum atomic E-state index is -0.196. The summed E-state index contributed by atoms with van der Waals surface area (Å²) in [6, 6.07) is 0. The first kappa shape index (κ1) is 50.3. The molecule has 5 heteroatoms. The van der Waals surface area contributed by atoms with Crippen LogP contribution in [0.3, 0.4) is 0 Å². The molecular formula is C53H98ClNO3. The van der Waals surface area contributed by atoms with Crippen LogP contribution >= 0.6 is 0 Å². The van der Waals surface area contributed by atoms with E-state index in [4.69, 9.17) is 4.74 Å². The minimum absolute atomic E-state index is 0. The molecule has 3 unspecified atom stereocenters. The van der Waals surface area contributed by atoms with Crippen LogP contribution in [0.5, 0.6) is 0 Å². The first-order valence-electron chi connectivity index (χ1n) is 25.5. The zero-order valence-corrected chi connectivity index (χ0v) is 41.3. The van der Waals surface area contributed by atoms with Gasteiger partial charge in [0.25, 0.3) is 0 Å². The molecular weight excluding hydrogens is 734 g/mol. The topological polar surface area (TPSA) is 46.5 Å². The number of nitrogens with zero attached hydrogens (tertiary/aromatic N) is 1. The molecule has 0 radical (unpaired) electrons. The Hall–Kier alpha value is -0.320. The normalized spacial score (nSPS) is 37.7. The Kier molecular flexibility index (Phi) is 17.8. The number of quaternary nitrogens is 1. The molecule has 0 heterocycles. The number of aliphatic hydroxyl groups excluding tert-OH is 1.